The van der Waals surface area contributed by atoms with Crippen molar-refractivity contribution >= 4 is 17.6 Å². The van der Waals surface area contributed by atoms with Crippen LogP contribution in [0.5, 0.6) is 0 Å². The molecule has 0 fully saturated rings. The molecule has 23 heavy (non-hydrogen) atoms. The minimum Gasteiger partial charge on any atom is -0.478 e. The van der Waals surface area contributed by atoms with E-state index in [9.17, 15) is 4.79 Å². The Balaban J connectivity index is 0. The van der Waals surface area contributed by atoms with E-state index in [0.29, 0.717) is 0 Å². The highest BCUT2D eigenvalue weighted by Crippen LogP contribution is 2.19. The number of carbonyl (C=O) groups is 1. The predicted octanol–water partition coefficient (Wildman–Crippen LogP) is 3.46. The molecule has 1 rings (SSSR count). The maximum Gasteiger partial charge on any atom is 0.330 e. The average molecular weight is 345 g/mol. The Morgan fingerprint density at radius 1 is 1.39 bits per heavy atom. The van der Waals surface area contributed by atoms with Crippen LogP contribution in [0.2, 0.25) is 0 Å². The second kappa shape index (κ2) is 14.2. The number of methoxy groups -OCH3 is 1. The van der Waals surface area contributed by atoms with Gasteiger partial charge in [-0.2, -0.15) is 0 Å². The van der Waals surface area contributed by atoms with E-state index in [0.717, 1.165) is 12.0 Å². The molecule has 0 aromatic heterocycles. The van der Waals surface area contributed by atoms with E-state index in [1.54, 1.807) is 7.11 Å². The molecule has 2 unspecified atom stereocenters. The summed E-state index contributed by atoms with van der Waals surface area (Å²) >= 11 is 5.77. The monoisotopic (exact) mass is 344 g/mol. The minimum atomic E-state index is -0.935. The number of benzene rings is 1. The molecule has 1 aromatic carbocycles. The van der Waals surface area contributed by atoms with Gasteiger partial charge in [0.15, 0.2) is 5.56 Å². The molecule has 2 atom stereocenters. The van der Waals surface area contributed by atoms with E-state index in [1.165, 1.54) is 6.92 Å². The molecular weight excluding hydrogens is 316 g/mol. The van der Waals surface area contributed by atoms with Gasteiger partial charge < -0.3 is 15.6 Å². The minimum absolute atomic E-state index is 0.176. The maximum absolute atomic E-state index is 9.60. The van der Waals surface area contributed by atoms with E-state index in [1.807, 2.05) is 49.3 Å². The SMILES string of the molecule is C=C(C)C(=O)O.CCC(N)N(C)C.COC(Cl)c1ccccc1. The molecule has 0 aliphatic carbocycles. The molecule has 0 saturated carbocycles. The fraction of sp³-hybridized carbons (Fsp3) is 0.471. The van der Waals surface area contributed by atoms with Gasteiger partial charge in [-0.3, -0.25) is 4.90 Å². The Hall–Kier alpha value is -1.40. The van der Waals surface area contributed by atoms with Gasteiger partial charge in [-0.25, -0.2) is 4.79 Å². The summed E-state index contributed by atoms with van der Waals surface area (Å²) in [6, 6.07) is 9.68. The van der Waals surface area contributed by atoms with E-state index in [2.05, 4.69) is 13.5 Å². The zero-order valence-electron chi connectivity index (χ0n) is 14.6. The quantitative estimate of drug-likeness (QED) is 0.486. The first-order valence-corrected chi connectivity index (χ1v) is 7.63. The third-order valence-corrected chi connectivity index (χ3v) is 3.15. The number of ether oxygens (including phenoxy) is 1. The van der Waals surface area contributed by atoms with Crippen molar-refractivity contribution in [1.29, 1.82) is 0 Å². The van der Waals surface area contributed by atoms with E-state index in [-0.39, 0.29) is 17.3 Å². The lowest BCUT2D eigenvalue weighted by atomic mass is 10.2. The molecule has 0 bridgehead atoms. The smallest absolute Gasteiger partial charge is 0.330 e. The number of halogens is 1. The summed E-state index contributed by atoms with van der Waals surface area (Å²) < 4.78 is 4.90. The molecule has 0 radical (unpaired) electrons. The summed E-state index contributed by atoms with van der Waals surface area (Å²) in [7, 11) is 5.55. The second-order valence-electron chi connectivity index (χ2n) is 4.99. The van der Waals surface area contributed by atoms with Crippen molar-refractivity contribution < 1.29 is 14.6 Å². The molecule has 0 heterocycles. The first kappa shape index (κ1) is 23.9. The fourth-order valence-corrected chi connectivity index (χ4v) is 1.25. The lowest BCUT2D eigenvalue weighted by molar-refractivity contribution is -0.132. The molecule has 3 N–H and O–H groups in total. The summed E-state index contributed by atoms with van der Waals surface area (Å²) in [5, 5.41) is 7.89. The van der Waals surface area contributed by atoms with Crippen molar-refractivity contribution in [3.8, 4) is 0 Å². The number of hydrogen-bond donors (Lipinski definition) is 2. The molecule has 0 aliphatic heterocycles. The van der Waals surface area contributed by atoms with Crippen LogP contribution in [-0.4, -0.2) is 43.3 Å². The molecular formula is C17H29ClN2O3. The highest BCUT2D eigenvalue weighted by atomic mass is 35.5. The molecule has 5 nitrogen and oxygen atoms in total. The zero-order valence-corrected chi connectivity index (χ0v) is 15.4. The lowest BCUT2D eigenvalue weighted by Gasteiger charge is -2.16. The highest BCUT2D eigenvalue weighted by molar-refractivity contribution is 6.19. The Labute approximate surface area is 144 Å². The molecule has 132 valence electrons. The Kier molecular flexibility index (Phi) is 14.7. The van der Waals surface area contributed by atoms with Crippen molar-refractivity contribution in [2.24, 2.45) is 5.73 Å². The van der Waals surface area contributed by atoms with Crippen LogP contribution in [0, 0.1) is 0 Å². The van der Waals surface area contributed by atoms with E-state index >= 15 is 0 Å². The van der Waals surface area contributed by atoms with Crippen molar-refractivity contribution in [2.75, 3.05) is 21.2 Å². The van der Waals surface area contributed by atoms with Crippen molar-refractivity contribution in [2.45, 2.75) is 32.0 Å². The highest BCUT2D eigenvalue weighted by Gasteiger charge is 2.02. The van der Waals surface area contributed by atoms with Gasteiger partial charge in [-0.15, -0.1) is 0 Å². The number of hydrogen-bond acceptors (Lipinski definition) is 4. The van der Waals surface area contributed by atoms with Gasteiger partial charge in [0.1, 0.15) is 0 Å². The van der Waals surface area contributed by atoms with Crippen LogP contribution in [0.3, 0.4) is 0 Å². The molecule has 0 aliphatic rings. The first-order chi connectivity index (χ1) is 10.7. The molecule has 6 heteroatoms. The average Bonchev–Trinajstić information content (AvgIpc) is 2.55. The van der Waals surface area contributed by atoms with Gasteiger partial charge in [0, 0.05) is 12.7 Å². The van der Waals surface area contributed by atoms with Gasteiger partial charge in [0.2, 0.25) is 0 Å². The van der Waals surface area contributed by atoms with Gasteiger partial charge in [0.25, 0.3) is 0 Å². The lowest BCUT2D eigenvalue weighted by Crippen LogP contribution is -2.35. The number of carboxylic acid groups (broad SMARTS) is 1. The summed E-state index contributed by atoms with van der Waals surface area (Å²) in [6.45, 7) is 6.68. The summed E-state index contributed by atoms with van der Waals surface area (Å²) in [5.74, 6) is -0.935. The standard InChI is InChI=1S/C8H9ClO.C5H14N2.C4H6O2/c1-10-8(9)7-5-3-2-4-6-7;1-4-5(6)7(2)3;1-3(2)4(5)6/h2-6,8H,1H3;5H,4,6H2,1-3H3;1H2,2H3,(H,5,6). The second-order valence-corrected chi connectivity index (χ2v) is 5.38. The summed E-state index contributed by atoms with van der Waals surface area (Å²) in [5.41, 5.74) is 6.39. The van der Waals surface area contributed by atoms with Crippen LogP contribution < -0.4 is 5.73 Å². The maximum atomic E-state index is 9.60. The van der Waals surface area contributed by atoms with Crippen LogP contribution in [0.15, 0.2) is 42.5 Å². The molecule has 0 spiro atoms. The van der Waals surface area contributed by atoms with Crippen molar-refractivity contribution in [3.05, 3.63) is 48.0 Å². The van der Waals surface area contributed by atoms with Crippen LogP contribution in [-0.2, 0) is 9.53 Å². The predicted molar refractivity (Wildman–Crippen MR) is 96.4 cm³/mol. The number of carboxylic acids is 1. The van der Waals surface area contributed by atoms with Gasteiger partial charge in [-0.05, 0) is 33.0 Å². The first-order valence-electron chi connectivity index (χ1n) is 7.19. The third-order valence-electron chi connectivity index (χ3n) is 2.72. The topological polar surface area (TPSA) is 75.8 Å². The Morgan fingerprint density at radius 3 is 2.04 bits per heavy atom. The largest absolute Gasteiger partial charge is 0.478 e. The van der Waals surface area contributed by atoms with Crippen LogP contribution >= 0.6 is 11.6 Å². The number of rotatable bonds is 5. The van der Waals surface area contributed by atoms with Crippen LogP contribution in [0.25, 0.3) is 0 Å². The number of nitrogens with two attached hydrogens (primary N) is 1. The summed E-state index contributed by atoms with van der Waals surface area (Å²) in [4.78, 5) is 11.6. The van der Waals surface area contributed by atoms with Gasteiger partial charge in [-0.1, -0.05) is 55.4 Å². The number of alkyl halides is 1. The van der Waals surface area contributed by atoms with Crippen molar-refractivity contribution in [3.63, 3.8) is 0 Å². The van der Waals surface area contributed by atoms with Crippen molar-refractivity contribution in [1.82, 2.24) is 4.90 Å². The third kappa shape index (κ3) is 14.0. The number of aliphatic carboxylic acids is 1. The zero-order chi connectivity index (χ0) is 18.4. The summed E-state index contributed by atoms with van der Waals surface area (Å²) in [6.07, 6.45) is 1.26. The van der Waals surface area contributed by atoms with Gasteiger partial charge >= 0.3 is 5.97 Å². The van der Waals surface area contributed by atoms with Gasteiger partial charge in [0.05, 0.1) is 6.17 Å². The van der Waals surface area contributed by atoms with Crippen LogP contribution in [0.1, 0.15) is 31.4 Å². The van der Waals surface area contributed by atoms with E-state index in [4.69, 9.17) is 27.2 Å². The Bertz CT molecular complexity index is 427. The molecule has 0 amide bonds. The Morgan fingerprint density at radius 2 is 1.83 bits per heavy atom. The fourth-order valence-electron chi connectivity index (χ4n) is 1.11. The normalized spacial score (nSPS) is 12.2. The molecule has 1 aromatic rings. The molecule has 0 saturated heterocycles. The number of nitrogens with zero attached hydrogens (tertiary/aromatic N) is 1. The van der Waals surface area contributed by atoms with Crippen LogP contribution in [0.4, 0.5) is 0 Å². The van der Waals surface area contributed by atoms with E-state index < -0.39 is 5.97 Å².